The van der Waals surface area contributed by atoms with E-state index in [1.807, 2.05) is 0 Å². The van der Waals surface area contributed by atoms with Crippen LogP contribution in [0.1, 0.15) is 12.0 Å². The number of rotatable bonds is 6. The summed E-state index contributed by atoms with van der Waals surface area (Å²) in [5.41, 5.74) is -0.814. The van der Waals surface area contributed by atoms with Crippen LogP contribution in [0.25, 0.3) is 0 Å². The van der Waals surface area contributed by atoms with E-state index in [1.54, 1.807) is 24.3 Å². The molecule has 23 heavy (non-hydrogen) atoms. The minimum atomic E-state index is -4.56. The van der Waals surface area contributed by atoms with Gasteiger partial charge in [0.25, 0.3) is 10.1 Å². The van der Waals surface area contributed by atoms with Crippen LogP contribution in [0, 0.1) is 0 Å². The maximum atomic E-state index is 11.8. The van der Waals surface area contributed by atoms with E-state index in [0.717, 1.165) is 0 Å². The standard InChI is InChI=1S/C13H16N2O7S/c16-11-4-5-15(13(18)14-11)10-3-1-2-9(6-10)7-22-8-12(17)23(19,20)21/h1-3,6,12,17H,4-5,7-8H2,(H,14,16,18)(H,19,20,21). The average molecular weight is 344 g/mol. The summed E-state index contributed by atoms with van der Waals surface area (Å²) in [7, 11) is -4.56. The van der Waals surface area contributed by atoms with Gasteiger partial charge in [0.1, 0.15) is 0 Å². The summed E-state index contributed by atoms with van der Waals surface area (Å²) < 4.78 is 34.9. The summed E-state index contributed by atoms with van der Waals surface area (Å²) in [6, 6.07) is 6.19. The van der Waals surface area contributed by atoms with E-state index in [1.165, 1.54) is 4.90 Å². The quantitative estimate of drug-likeness (QED) is 0.611. The lowest BCUT2D eigenvalue weighted by molar-refractivity contribution is -0.120. The van der Waals surface area contributed by atoms with Crippen molar-refractivity contribution in [2.75, 3.05) is 18.1 Å². The van der Waals surface area contributed by atoms with Crippen molar-refractivity contribution in [2.45, 2.75) is 18.5 Å². The molecule has 0 radical (unpaired) electrons. The number of anilines is 1. The number of hydrogen-bond acceptors (Lipinski definition) is 6. The molecule has 1 atom stereocenters. The van der Waals surface area contributed by atoms with Gasteiger partial charge >= 0.3 is 6.03 Å². The highest BCUT2D eigenvalue weighted by Gasteiger charge is 2.24. The van der Waals surface area contributed by atoms with Crippen LogP contribution in [0.4, 0.5) is 10.5 Å². The zero-order chi connectivity index (χ0) is 17.0. The van der Waals surface area contributed by atoms with Crippen LogP contribution < -0.4 is 10.2 Å². The van der Waals surface area contributed by atoms with E-state index in [0.29, 0.717) is 11.3 Å². The monoisotopic (exact) mass is 344 g/mol. The lowest BCUT2D eigenvalue weighted by Crippen LogP contribution is -2.49. The second kappa shape index (κ2) is 7.04. The van der Waals surface area contributed by atoms with E-state index in [2.05, 4.69) is 5.32 Å². The van der Waals surface area contributed by atoms with Gasteiger partial charge in [-0.15, -0.1) is 0 Å². The van der Waals surface area contributed by atoms with Crippen molar-refractivity contribution >= 4 is 27.7 Å². The average Bonchev–Trinajstić information content (AvgIpc) is 2.46. The number of urea groups is 1. The van der Waals surface area contributed by atoms with Gasteiger partial charge in [-0.1, -0.05) is 12.1 Å². The van der Waals surface area contributed by atoms with Gasteiger partial charge in [0.05, 0.1) is 13.2 Å². The van der Waals surface area contributed by atoms with Crippen LogP contribution >= 0.6 is 0 Å². The Morgan fingerprint density at radius 1 is 1.35 bits per heavy atom. The summed E-state index contributed by atoms with van der Waals surface area (Å²) in [6.45, 7) is -0.340. The van der Waals surface area contributed by atoms with Crippen molar-refractivity contribution in [1.82, 2.24) is 5.32 Å². The molecule has 1 aliphatic heterocycles. The van der Waals surface area contributed by atoms with E-state index in [9.17, 15) is 18.0 Å². The Hall–Kier alpha value is -2.01. The molecule has 1 aromatic rings. The largest absolute Gasteiger partial charge is 0.373 e. The number of benzene rings is 1. The van der Waals surface area contributed by atoms with E-state index < -0.39 is 28.2 Å². The van der Waals surface area contributed by atoms with Crippen molar-refractivity contribution in [3.8, 4) is 0 Å². The fourth-order valence-corrected chi connectivity index (χ4v) is 2.26. The first-order valence-corrected chi connectivity index (χ1v) is 8.20. The molecule has 0 saturated carbocycles. The predicted molar refractivity (Wildman–Crippen MR) is 79.2 cm³/mol. The number of carbonyl (C=O) groups excluding carboxylic acids is 2. The number of ether oxygens (including phenoxy) is 1. The summed E-state index contributed by atoms with van der Waals surface area (Å²) in [4.78, 5) is 24.3. The molecule has 126 valence electrons. The second-order valence-corrected chi connectivity index (χ2v) is 6.48. The lowest BCUT2D eigenvalue weighted by Gasteiger charge is -2.26. The maximum Gasteiger partial charge on any atom is 0.328 e. The zero-order valence-corrected chi connectivity index (χ0v) is 12.8. The van der Waals surface area contributed by atoms with Gasteiger partial charge in [-0.3, -0.25) is 19.6 Å². The van der Waals surface area contributed by atoms with Gasteiger partial charge < -0.3 is 9.84 Å². The van der Waals surface area contributed by atoms with Gasteiger partial charge in [0.15, 0.2) is 0 Å². The fraction of sp³-hybridized carbons (Fsp3) is 0.385. The Balaban J connectivity index is 1.97. The molecule has 0 bridgehead atoms. The molecule has 1 heterocycles. The minimum absolute atomic E-state index is 0.0190. The molecule has 2 rings (SSSR count). The molecule has 9 nitrogen and oxygen atoms in total. The van der Waals surface area contributed by atoms with E-state index >= 15 is 0 Å². The first-order chi connectivity index (χ1) is 10.8. The van der Waals surface area contributed by atoms with Gasteiger partial charge in [-0.25, -0.2) is 4.79 Å². The highest BCUT2D eigenvalue weighted by molar-refractivity contribution is 7.86. The van der Waals surface area contributed by atoms with Gasteiger partial charge in [-0.2, -0.15) is 8.42 Å². The molecule has 0 spiro atoms. The lowest BCUT2D eigenvalue weighted by atomic mass is 10.2. The van der Waals surface area contributed by atoms with Crippen molar-refractivity contribution < 1.29 is 32.4 Å². The number of nitrogens with zero attached hydrogens (tertiary/aromatic N) is 1. The van der Waals surface area contributed by atoms with Crippen molar-refractivity contribution in [3.05, 3.63) is 29.8 Å². The summed E-state index contributed by atoms with van der Waals surface area (Å²) in [6.07, 6.45) is 0.201. The zero-order valence-electron chi connectivity index (χ0n) is 12.0. The topological polar surface area (TPSA) is 133 Å². The summed E-state index contributed by atoms with van der Waals surface area (Å²) in [5, 5.41) is 11.3. The third-order valence-corrected chi connectivity index (χ3v) is 3.97. The molecular formula is C13H16N2O7S. The molecule has 1 fully saturated rings. The predicted octanol–water partition coefficient (Wildman–Crippen LogP) is -0.144. The number of aliphatic hydroxyl groups excluding tert-OH is 1. The third kappa shape index (κ3) is 4.73. The van der Waals surface area contributed by atoms with Crippen LogP contribution in [-0.2, 0) is 26.3 Å². The smallest absolute Gasteiger partial charge is 0.328 e. The maximum absolute atomic E-state index is 11.8. The minimum Gasteiger partial charge on any atom is -0.373 e. The Morgan fingerprint density at radius 3 is 2.74 bits per heavy atom. The number of nitrogens with one attached hydrogen (secondary N) is 1. The molecule has 0 aliphatic carbocycles. The highest BCUT2D eigenvalue weighted by atomic mass is 32.2. The molecule has 3 amide bonds. The second-order valence-electron chi connectivity index (χ2n) is 4.91. The van der Waals surface area contributed by atoms with Crippen LogP contribution in [0.2, 0.25) is 0 Å². The molecule has 10 heteroatoms. The Labute approximate surface area is 132 Å². The third-order valence-electron chi connectivity index (χ3n) is 3.15. The molecular weight excluding hydrogens is 328 g/mol. The molecule has 1 aromatic carbocycles. The normalized spacial score (nSPS) is 17.0. The number of hydrogen-bond donors (Lipinski definition) is 3. The SMILES string of the molecule is O=C1CCN(c2cccc(COCC(O)S(=O)(=O)O)c2)C(=O)N1. The van der Waals surface area contributed by atoms with Gasteiger partial charge in [-0.05, 0) is 17.7 Å². The van der Waals surface area contributed by atoms with Crippen LogP contribution in [0.5, 0.6) is 0 Å². The Bertz CT molecular complexity index is 704. The molecule has 0 aromatic heterocycles. The van der Waals surface area contributed by atoms with Crippen molar-refractivity contribution in [1.29, 1.82) is 0 Å². The van der Waals surface area contributed by atoms with Gasteiger partial charge in [0, 0.05) is 18.7 Å². The molecule has 1 saturated heterocycles. The van der Waals surface area contributed by atoms with Crippen LogP contribution in [-0.4, -0.2) is 48.6 Å². The Morgan fingerprint density at radius 2 is 2.09 bits per heavy atom. The van der Waals surface area contributed by atoms with Crippen molar-refractivity contribution in [3.63, 3.8) is 0 Å². The van der Waals surface area contributed by atoms with E-state index in [4.69, 9.17) is 14.4 Å². The Kier molecular flexibility index (Phi) is 5.31. The van der Waals surface area contributed by atoms with Crippen molar-refractivity contribution in [2.24, 2.45) is 0 Å². The summed E-state index contributed by atoms with van der Waals surface area (Å²) >= 11 is 0. The van der Waals surface area contributed by atoms with Crippen LogP contribution in [0.15, 0.2) is 24.3 Å². The summed E-state index contributed by atoms with van der Waals surface area (Å²) in [5.74, 6) is -0.329. The van der Waals surface area contributed by atoms with Gasteiger partial charge in [0.2, 0.25) is 11.3 Å². The first kappa shape index (κ1) is 17.3. The number of imide groups is 1. The molecule has 1 aliphatic rings. The van der Waals surface area contributed by atoms with E-state index in [-0.39, 0.29) is 25.5 Å². The highest BCUT2D eigenvalue weighted by Crippen LogP contribution is 2.19. The number of carbonyl (C=O) groups is 2. The number of amides is 3. The molecule has 3 N–H and O–H groups in total. The molecule has 1 unspecified atom stereocenters. The number of aliphatic hydroxyl groups is 1. The van der Waals surface area contributed by atoms with Crippen LogP contribution in [0.3, 0.4) is 0 Å². The fourth-order valence-electron chi connectivity index (χ4n) is 1.99. The first-order valence-electron chi connectivity index (χ1n) is 6.70.